The number of fused-ring (bicyclic) bond motifs is 2. The average Bonchev–Trinajstić information content (AvgIpc) is 3.47. The smallest absolute Gasteiger partial charge is 0.186 e. The molecule has 9 N–H and O–H groups in total. The number of aliphatic hydroxyl groups is 9. The van der Waals surface area contributed by atoms with E-state index < -0.39 is 96.8 Å². The van der Waals surface area contributed by atoms with Gasteiger partial charge in [0.25, 0.3) is 0 Å². The van der Waals surface area contributed by atoms with Crippen LogP contribution >= 0.6 is 0 Å². The molecule has 3 aliphatic heterocycles. The van der Waals surface area contributed by atoms with Gasteiger partial charge >= 0.3 is 0 Å². The molecule has 0 unspecified atom stereocenters. The largest absolute Gasteiger partial charge is 0.394 e. The van der Waals surface area contributed by atoms with Gasteiger partial charge in [-0.15, -0.1) is 0 Å². The van der Waals surface area contributed by atoms with Crippen molar-refractivity contribution in [2.45, 2.75) is 197 Å². The summed E-state index contributed by atoms with van der Waals surface area (Å²) in [6, 6.07) is 0. The second-order valence-electron chi connectivity index (χ2n) is 21.1. The zero-order valence-electron chi connectivity index (χ0n) is 33.6. The van der Waals surface area contributed by atoms with Crippen LogP contribution in [0.2, 0.25) is 0 Å². The standard InChI is InChI=1S/C41H68O14/c1-35(2)24(54-33-29(48)26(45)20(44)17-51-33)9-11-41-18-40(41)13-12-37(5)31(39(7)10-8-25(55-39)36(3,4)50)19(43)15-38(37,6)23(40)14-21(32(35)41)52-34-30(49)28(47)27(46)22(16-42)53-34/h19-34,42-50H,8-18H2,1-7H3/t19-,20+,21-,22+,23-,24-,25-,26-,27+,28-,29+,30+,31-,32+,33-,34+,37+,38-,39+,40+,41+/m0/s1. The van der Waals surface area contributed by atoms with E-state index in [1.165, 1.54) is 0 Å². The Balaban J connectivity index is 1.15. The molecule has 8 rings (SSSR count). The van der Waals surface area contributed by atoms with Crippen LogP contribution in [0.15, 0.2) is 0 Å². The molecule has 55 heavy (non-hydrogen) atoms. The first-order valence-electron chi connectivity index (χ1n) is 20.9. The Morgan fingerprint density at radius 1 is 0.709 bits per heavy atom. The van der Waals surface area contributed by atoms with Gasteiger partial charge in [-0.3, -0.25) is 0 Å². The topological polar surface area (TPSA) is 228 Å². The van der Waals surface area contributed by atoms with E-state index in [1.54, 1.807) is 13.8 Å². The third-order valence-electron chi connectivity index (χ3n) is 17.6. The van der Waals surface area contributed by atoms with E-state index in [0.29, 0.717) is 25.7 Å². The van der Waals surface area contributed by atoms with E-state index in [9.17, 15) is 46.0 Å². The Kier molecular flexibility index (Phi) is 9.90. The van der Waals surface area contributed by atoms with E-state index in [1.807, 2.05) is 0 Å². The molecule has 8 fully saturated rings. The summed E-state index contributed by atoms with van der Waals surface area (Å²) >= 11 is 0. The Labute approximate surface area is 324 Å². The predicted octanol–water partition coefficient (Wildman–Crippen LogP) is 0.724. The van der Waals surface area contributed by atoms with Crippen LogP contribution in [-0.2, 0) is 23.7 Å². The van der Waals surface area contributed by atoms with Crippen molar-refractivity contribution in [3.63, 3.8) is 0 Å². The monoisotopic (exact) mass is 784 g/mol. The molecular weight excluding hydrogens is 716 g/mol. The molecule has 2 spiro atoms. The second kappa shape index (κ2) is 13.2. The van der Waals surface area contributed by atoms with E-state index in [-0.39, 0.29) is 52.1 Å². The molecule has 316 valence electrons. The van der Waals surface area contributed by atoms with Crippen LogP contribution < -0.4 is 0 Å². The normalized spacial score (nSPS) is 58.7. The quantitative estimate of drug-likeness (QED) is 0.162. The Morgan fingerprint density at radius 2 is 1.40 bits per heavy atom. The van der Waals surface area contributed by atoms with Gasteiger partial charge in [0.2, 0.25) is 0 Å². The maximum Gasteiger partial charge on any atom is 0.186 e. The fourth-order valence-corrected chi connectivity index (χ4v) is 14.9. The van der Waals surface area contributed by atoms with Crippen LogP contribution in [0, 0.1) is 44.8 Å². The highest BCUT2D eigenvalue weighted by Crippen LogP contribution is 2.89. The van der Waals surface area contributed by atoms with Gasteiger partial charge in [0, 0.05) is 5.92 Å². The summed E-state index contributed by atoms with van der Waals surface area (Å²) < 4.78 is 31.9. The summed E-state index contributed by atoms with van der Waals surface area (Å²) in [5.41, 5.74) is -3.16. The summed E-state index contributed by atoms with van der Waals surface area (Å²) in [6.45, 7) is 13.8. The molecule has 14 heteroatoms. The van der Waals surface area contributed by atoms with Crippen LogP contribution in [0.1, 0.15) is 106 Å². The molecule has 0 aromatic carbocycles. The van der Waals surface area contributed by atoms with Crippen LogP contribution in [0.5, 0.6) is 0 Å². The lowest BCUT2D eigenvalue weighted by molar-refractivity contribution is -0.339. The second-order valence-corrected chi connectivity index (χ2v) is 21.1. The highest BCUT2D eigenvalue weighted by Gasteiger charge is 2.85. The molecule has 0 bridgehead atoms. The van der Waals surface area contributed by atoms with Crippen molar-refractivity contribution in [3.8, 4) is 0 Å². The van der Waals surface area contributed by atoms with Crippen molar-refractivity contribution in [2.75, 3.05) is 13.2 Å². The number of rotatable bonds is 7. The van der Waals surface area contributed by atoms with Crippen LogP contribution in [0.4, 0.5) is 0 Å². The molecule has 14 nitrogen and oxygen atoms in total. The number of hydrogen-bond donors (Lipinski definition) is 9. The molecular formula is C41H68O14. The van der Waals surface area contributed by atoms with Crippen molar-refractivity contribution in [3.05, 3.63) is 0 Å². The molecule has 5 saturated carbocycles. The first kappa shape index (κ1) is 41.2. The average molecular weight is 785 g/mol. The predicted molar refractivity (Wildman–Crippen MR) is 194 cm³/mol. The molecule has 0 aromatic heterocycles. The molecule has 21 atom stereocenters. The van der Waals surface area contributed by atoms with Gasteiger partial charge in [-0.2, -0.15) is 0 Å². The van der Waals surface area contributed by atoms with Gasteiger partial charge in [-0.25, -0.2) is 0 Å². The lowest BCUT2D eigenvalue weighted by Gasteiger charge is -2.65. The molecule has 3 saturated heterocycles. The highest BCUT2D eigenvalue weighted by atomic mass is 16.7. The first-order chi connectivity index (χ1) is 25.5. The van der Waals surface area contributed by atoms with Crippen molar-refractivity contribution >= 4 is 0 Å². The summed E-state index contributed by atoms with van der Waals surface area (Å²) in [5.74, 6) is -0.215. The molecule has 0 amide bonds. The number of ether oxygens (including phenoxy) is 5. The minimum Gasteiger partial charge on any atom is -0.394 e. The van der Waals surface area contributed by atoms with E-state index in [0.717, 1.165) is 32.1 Å². The SMILES string of the molecule is CC(C)(O)[C@@H]1CC[C@](C)([C@H]2[C@@H](O)C[C@@]3(C)[C@@H]4C[C@H](O[C@@H]5O[C@H](CO)[C@@H](O)[C@H](O)[C@H]5O)[C@@H]5C(C)(C)[C@@H](O[C@@H]6OC[C@@H](O)[C@H](O)[C@H]6O)CC[C@@]56C[C@]46CC[C@]23C)O1. The third-order valence-corrected chi connectivity index (χ3v) is 17.6. The molecule has 5 aliphatic carbocycles. The summed E-state index contributed by atoms with van der Waals surface area (Å²) in [6.07, 6.45) is -7.48. The van der Waals surface area contributed by atoms with E-state index >= 15 is 0 Å². The van der Waals surface area contributed by atoms with Crippen LogP contribution in [0.25, 0.3) is 0 Å². The zero-order valence-corrected chi connectivity index (χ0v) is 33.6. The van der Waals surface area contributed by atoms with Gasteiger partial charge in [0.05, 0.1) is 48.8 Å². The Bertz CT molecular complexity index is 1460. The zero-order chi connectivity index (χ0) is 40.1. The van der Waals surface area contributed by atoms with E-state index in [2.05, 4.69) is 34.6 Å². The van der Waals surface area contributed by atoms with Gasteiger partial charge in [0.15, 0.2) is 12.6 Å². The van der Waals surface area contributed by atoms with Gasteiger partial charge < -0.3 is 69.6 Å². The lowest BCUT2D eigenvalue weighted by atomic mass is 9.41. The summed E-state index contributed by atoms with van der Waals surface area (Å²) in [5, 5.41) is 97.2. The summed E-state index contributed by atoms with van der Waals surface area (Å²) in [7, 11) is 0. The molecule has 3 heterocycles. The summed E-state index contributed by atoms with van der Waals surface area (Å²) in [4.78, 5) is 0. The first-order valence-corrected chi connectivity index (χ1v) is 20.9. The van der Waals surface area contributed by atoms with Gasteiger partial charge in [-0.05, 0) is 117 Å². The number of hydrogen-bond acceptors (Lipinski definition) is 14. The van der Waals surface area contributed by atoms with Crippen molar-refractivity contribution in [1.82, 2.24) is 0 Å². The third kappa shape index (κ3) is 5.70. The van der Waals surface area contributed by atoms with Crippen molar-refractivity contribution in [2.24, 2.45) is 44.8 Å². The van der Waals surface area contributed by atoms with Crippen LogP contribution in [-0.4, -0.2) is 150 Å². The fraction of sp³-hybridized carbons (Fsp3) is 1.00. The minimum absolute atomic E-state index is 0.0633. The molecule has 8 aliphatic rings. The Morgan fingerprint density at radius 3 is 2.05 bits per heavy atom. The van der Waals surface area contributed by atoms with Gasteiger partial charge in [0.1, 0.15) is 42.7 Å². The minimum atomic E-state index is -1.60. The van der Waals surface area contributed by atoms with Crippen molar-refractivity contribution < 1.29 is 69.6 Å². The van der Waals surface area contributed by atoms with E-state index in [4.69, 9.17) is 23.7 Å². The van der Waals surface area contributed by atoms with Crippen molar-refractivity contribution in [1.29, 1.82) is 0 Å². The molecule has 0 aromatic rings. The van der Waals surface area contributed by atoms with Gasteiger partial charge in [-0.1, -0.05) is 27.7 Å². The maximum absolute atomic E-state index is 12.2. The Hall–Kier alpha value is -0.560. The highest BCUT2D eigenvalue weighted by molar-refractivity contribution is 5.33. The maximum atomic E-state index is 12.2. The molecule has 0 radical (unpaired) electrons. The number of aliphatic hydroxyl groups excluding tert-OH is 8. The lowest BCUT2D eigenvalue weighted by Crippen LogP contribution is -2.65. The van der Waals surface area contributed by atoms with Crippen LogP contribution in [0.3, 0.4) is 0 Å². The fourth-order valence-electron chi connectivity index (χ4n) is 14.9.